The summed E-state index contributed by atoms with van der Waals surface area (Å²) < 4.78 is 78.8. The third-order valence-corrected chi connectivity index (χ3v) is 3.61. The molecule has 4 nitrogen and oxygen atoms in total. The summed E-state index contributed by atoms with van der Waals surface area (Å²) in [5, 5.41) is 13.2. The van der Waals surface area contributed by atoms with Gasteiger partial charge in [0.25, 0.3) is 0 Å². The summed E-state index contributed by atoms with van der Waals surface area (Å²) in [5.74, 6) is 0. The minimum atomic E-state index is -4.95. The van der Waals surface area contributed by atoms with Crippen molar-refractivity contribution in [2.45, 2.75) is 18.9 Å². The van der Waals surface area contributed by atoms with Crippen molar-refractivity contribution in [1.82, 2.24) is 14.8 Å². The first-order chi connectivity index (χ1) is 12.1. The second-order valence-electron chi connectivity index (χ2n) is 5.44. The molecule has 0 atom stereocenters. The fourth-order valence-corrected chi connectivity index (χ4v) is 2.44. The van der Waals surface area contributed by atoms with E-state index < -0.39 is 30.0 Å². The van der Waals surface area contributed by atoms with Crippen LogP contribution in [-0.4, -0.2) is 14.8 Å². The maximum absolute atomic E-state index is 13.2. The number of nitriles is 1. The highest BCUT2D eigenvalue weighted by Crippen LogP contribution is 2.37. The van der Waals surface area contributed by atoms with E-state index in [1.165, 1.54) is 18.5 Å². The largest absolute Gasteiger partial charge is 0.416 e. The smallest absolute Gasteiger partial charge is 0.265 e. The van der Waals surface area contributed by atoms with Crippen LogP contribution in [0.15, 0.2) is 36.7 Å². The number of halogens is 6. The Hall–Kier alpha value is -3.09. The molecule has 2 aromatic heterocycles. The minimum Gasteiger partial charge on any atom is -0.265 e. The molecular formula is C16H8F6N4. The van der Waals surface area contributed by atoms with Gasteiger partial charge in [0, 0.05) is 17.8 Å². The van der Waals surface area contributed by atoms with Crippen LogP contribution >= 0.6 is 0 Å². The Morgan fingerprint density at radius 1 is 1.04 bits per heavy atom. The third kappa shape index (κ3) is 3.46. The summed E-state index contributed by atoms with van der Waals surface area (Å²) in [6.45, 7) is -0.398. The molecule has 0 radical (unpaired) electrons. The van der Waals surface area contributed by atoms with Crippen LogP contribution in [0.3, 0.4) is 0 Å². The highest BCUT2D eigenvalue weighted by Gasteiger charge is 2.38. The molecule has 10 heteroatoms. The summed E-state index contributed by atoms with van der Waals surface area (Å²) in [6, 6.07) is 4.80. The fourth-order valence-electron chi connectivity index (χ4n) is 2.44. The molecule has 134 valence electrons. The summed E-state index contributed by atoms with van der Waals surface area (Å²) >= 11 is 0. The van der Waals surface area contributed by atoms with Crippen LogP contribution in [0.5, 0.6) is 0 Å². The Bertz CT molecular complexity index is 1010. The van der Waals surface area contributed by atoms with Gasteiger partial charge in [0.2, 0.25) is 0 Å². The normalized spacial score (nSPS) is 12.3. The molecule has 0 N–H and O–H groups in total. The van der Waals surface area contributed by atoms with Crippen LogP contribution in [0.1, 0.15) is 22.3 Å². The van der Waals surface area contributed by atoms with E-state index in [2.05, 4.69) is 10.1 Å². The second-order valence-corrected chi connectivity index (χ2v) is 5.44. The van der Waals surface area contributed by atoms with Crippen LogP contribution in [0, 0.1) is 11.3 Å². The predicted octanol–water partition coefficient (Wildman–Crippen LogP) is 4.39. The SMILES string of the molecule is N#Cc1cnc2nn(Cc3ccc(C(F)(F)F)cc3C(F)(F)F)cc2c1. The van der Waals surface area contributed by atoms with Crippen molar-refractivity contribution in [3.05, 3.63) is 58.9 Å². The third-order valence-electron chi connectivity index (χ3n) is 3.61. The highest BCUT2D eigenvalue weighted by molar-refractivity contribution is 5.75. The maximum Gasteiger partial charge on any atom is 0.416 e. The lowest BCUT2D eigenvalue weighted by Crippen LogP contribution is -2.15. The van der Waals surface area contributed by atoms with Gasteiger partial charge in [-0.3, -0.25) is 4.68 Å². The molecule has 0 fully saturated rings. The van der Waals surface area contributed by atoms with Crippen molar-refractivity contribution in [2.24, 2.45) is 0 Å². The van der Waals surface area contributed by atoms with Gasteiger partial charge in [-0.1, -0.05) is 6.07 Å². The number of hydrogen-bond acceptors (Lipinski definition) is 3. The van der Waals surface area contributed by atoms with Gasteiger partial charge in [-0.2, -0.15) is 36.7 Å². The number of alkyl halides is 6. The van der Waals surface area contributed by atoms with E-state index in [-0.39, 0.29) is 22.8 Å². The van der Waals surface area contributed by atoms with E-state index >= 15 is 0 Å². The van der Waals surface area contributed by atoms with Crippen molar-refractivity contribution in [1.29, 1.82) is 5.26 Å². The zero-order chi connectivity index (χ0) is 19.1. The number of fused-ring (bicyclic) bond motifs is 1. The molecule has 0 aliphatic carbocycles. The van der Waals surface area contributed by atoms with Gasteiger partial charge >= 0.3 is 12.4 Å². The molecule has 3 rings (SSSR count). The number of benzene rings is 1. The molecule has 0 saturated carbocycles. The summed E-state index contributed by atoms with van der Waals surface area (Å²) in [5.41, 5.74) is -2.65. The minimum absolute atomic E-state index is 0.0879. The Kier molecular flexibility index (Phi) is 4.10. The van der Waals surface area contributed by atoms with Crippen LogP contribution in [0.4, 0.5) is 26.3 Å². The zero-order valence-electron chi connectivity index (χ0n) is 12.7. The van der Waals surface area contributed by atoms with E-state index in [4.69, 9.17) is 5.26 Å². The molecule has 26 heavy (non-hydrogen) atoms. The first-order valence-electron chi connectivity index (χ1n) is 7.08. The molecule has 1 aromatic carbocycles. The quantitative estimate of drug-likeness (QED) is 0.629. The van der Waals surface area contributed by atoms with Gasteiger partial charge in [0.15, 0.2) is 5.65 Å². The van der Waals surface area contributed by atoms with E-state index in [1.807, 2.05) is 6.07 Å². The number of aromatic nitrogens is 3. The van der Waals surface area contributed by atoms with Gasteiger partial charge < -0.3 is 0 Å². The van der Waals surface area contributed by atoms with Crippen molar-refractivity contribution in [3.8, 4) is 6.07 Å². The van der Waals surface area contributed by atoms with Gasteiger partial charge in [0.05, 0.1) is 23.2 Å². The molecule has 0 bridgehead atoms. The van der Waals surface area contributed by atoms with Crippen molar-refractivity contribution in [2.75, 3.05) is 0 Å². The van der Waals surface area contributed by atoms with Crippen molar-refractivity contribution >= 4 is 11.0 Å². The summed E-state index contributed by atoms with van der Waals surface area (Å²) in [7, 11) is 0. The molecule has 0 amide bonds. The average Bonchev–Trinajstić information content (AvgIpc) is 2.94. The molecule has 0 spiro atoms. The maximum atomic E-state index is 13.2. The Morgan fingerprint density at radius 2 is 1.77 bits per heavy atom. The lowest BCUT2D eigenvalue weighted by Gasteiger charge is -2.16. The number of nitrogens with zero attached hydrogens (tertiary/aromatic N) is 4. The topological polar surface area (TPSA) is 54.5 Å². The van der Waals surface area contributed by atoms with Gasteiger partial charge in [-0.25, -0.2) is 4.98 Å². The highest BCUT2D eigenvalue weighted by atomic mass is 19.4. The lowest BCUT2D eigenvalue weighted by atomic mass is 10.0. The van der Waals surface area contributed by atoms with E-state index in [0.717, 1.165) is 10.7 Å². The van der Waals surface area contributed by atoms with Gasteiger partial charge in [-0.15, -0.1) is 0 Å². The molecule has 0 aliphatic heterocycles. The summed E-state index contributed by atoms with van der Waals surface area (Å²) in [6.07, 6.45) is -7.19. The molecule has 3 aromatic rings. The van der Waals surface area contributed by atoms with Gasteiger partial charge in [-0.05, 0) is 23.8 Å². The number of hydrogen-bond donors (Lipinski definition) is 0. The van der Waals surface area contributed by atoms with Crippen LogP contribution < -0.4 is 0 Å². The Morgan fingerprint density at radius 3 is 2.38 bits per heavy atom. The summed E-state index contributed by atoms with van der Waals surface area (Å²) in [4.78, 5) is 3.91. The monoisotopic (exact) mass is 370 g/mol. The number of rotatable bonds is 2. The first kappa shape index (κ1) is 17.7. The Labute approximate surface area is 142 Å². The van der Waals surface area contributed by atoms with Crippen LogP contribution in [0.25, 0.3) is 11.0 Å². The predicted molar refractivity (Wildman–Crippen MR) is 77.8 cm³/mol. The molecule has 0 unspecified atom stereocenters. The van der Waals surface area contributed by atoms with Crippen LogP contribution in [-0.2, 0) is 18.9 Å². The molecule has 0 saturated heterocycles. The van der Waals surface area contributed by atoms with E-state index in [1.54, 1.807) is 0 Å². The molecule has 2 heterocycles. The van der Waals surface area contributed by atoms with Gasteiger partial charge in [0.1, 0.15) is 6.07 Å². The number of pyridine rings is 1. The lowest BCUT2D eigenvalue weighted by molar-refractivity contribution is -0.143. The Balaban J connectivity index is 2.03. The van der Waals surface area contributed by atoms with Crippen LogP contribution in [0.2, 0.25) is 0 Å². The van der Waals surface area contributed by atoms with Crippen molar-refractivity contribution < 1.29 is 26.3 Å². The standard InChI is InChI=1S/C16H8F6N4/c17-15(18,19)12-2-1-10(13(4-12)16(20,21)22)7-26-8-11-3-9(5-23)6-24-14(11)25-26/h1-4,6,8H,7H2. The first-order valence-corrected chi connectivity index (χ1v) is 7.08. The zero-order valence-corrected chi connectivity index (χ0v) is 12.7. The van der Waals surface area contributed by atoms with E-state index in [9.17, 15) is 26.3 Å². The van der Waals surface area contributed by atoms with E-state index in [0.29, 0.717) is 11.5 Å². The molecule has 0 aliphatic rings. The molecular weight excluding hydrogens is 362 g/mol. The van der Waals surface area contributed by atoms with Crippen molar-refractivity contribution in [3.63, 3.8) is 0 Å². The fraction of sp³-hybridized carbons (Fsp3) is 0.188. The second kappa shape index (κ2) is 6.01. The average molecular weight is 370 g/mol.